The molecule has 0 bridgehead atoms. The molecule has 22 heavy (non-hydrogen) atoms. The first-order chi connectivity index (χ1) is 10.6. The van der Waals surface area contributed by atoms with Crippen LogP contribution in [0.3, 0.4) is 0 Å². The van der Waals surface area contributed by atoms with E-state index in [9.17, 15) is 13.6 Å². The number of alkyl halides is 1. The summed E-state index contributed by atoms with van der Waals surface area (Å²) in [5.41, 5.74) is 0.384. The van der Waals surface area contributed by atoms with Crippen molar-refractivity contribution in [2.45, 2.75) is 6.42 Å². The Hall–Kier alpha value is -2.21. The number of benzene rings is 1. The molecule has 114 valence electrons. The van der Waals surface area contributed by atoms with Gasteiger partial charge < -0.3 is 4.74 Å². The highest BCUT2D eigenvalue weighted by atomic mass is 35.5. The van der Waals surface area contributed by atoms with Crippen molar-refractivity contribution in [2.75, 3.05) is 17.4 Å². The average Bonchev–Trinajstić information content (AvgIpc) is 2.98. The number of fused-ring (bicyclic) bond motifs is 1. The van der Waals surface area contributed by atoms with E-state index in [1.165, 1.54) is 12.1 Å². The zero-order valence-electron chi connectivity index (χ0n) is 11.4. The Morgan fingerprint density at radius 1 is 1.27 bits per heavy atom. The topological polar surface area (TPSA) is 42.4 Å². The number of aromatic nitrogens is 1. The molecule has 2 aromatic rings. The molecule has 1 amide bonds. The van der Waals surface area contributed by atoms with Crippen LogP contribution >= 0.6 is 11.6 Å². The van der Waals surface area contributed by atoms with E-state index >= 15 is 0 Å². The van der Waals surface area contributed by atoms with Crippen LogP contribution in [-0.2, 0) is 11.2 Å². The molecular formula is C15H11ClF2N2O2. The molecule has 0 saturated heterocycles. The molecular weight excluding hydrogens is 314 g/mol. The van der Waals surface area contributed by atoms with Crippen molar-refractivity contribution >= 4 is 29.0 Å². The number of halogens is 3. The number of hydrogen-bond acceptors (Lipinski definition) is 3. The van der Waals surface area contributed by atoms with E-state index in [1.54, 1.807) is 6.07 Å². The molecule has 1 aliphatic heterocycles. The Kier molecular flexibility index (Phi) is 3.94. The second kappa shape index (κ2) is 5.88. The predicted octanol–water partition coefficient (Wildman–Crippen LogP) is 3.20. The number of rotatable bonds is 3. The summed E-state index contributed by atoms with van der Waals surface area (Å²) in [4.78, 5) is 17.1. The average molecular weight is 325 g/mol. The van der Waals surface area contributed by atoms with E-state index in [0.29, 0.717) is 18.9 Å². The summed E-state index contributed by atoms with van der Waals surface area (Å²) in [5.74, 6) is -2.44. The van der Waals surface area contributed by atoms with Crippen molar-refractivity contribution in [1.82, 2.24) is 4.98 Å². The fourth-order valence-corrected chi connectivity index (χ4v) is 2.41. The van der Waals surface area contributed by atoms with Crippen molar-refractivity contribution in [3.63, 3.8) is 0 Å². The van der Waals surface area contributed by atoms with E-state index in [2.05, 4.69) is 4.98 Å². The lowest BCUT2D eigenvalue weighted by Gasteiger charge is -2.22. The normalized spacial score (nSPS) is 12.7. The van der Waals surface area contributed by atoms with Gasteiger partial charge in [-0.3, -0.25) is 9.69 Å². The van der Waals surface area contributed by atoms with Gasteiger partial charge in [0.2, 0.25) is 11.8 Å². The van der Waals surface area contributed by atoms with Crippen LogP contribution in [0.2, 0.25) is 0 Å². The van der Waals surface area contributed by atoms with E-state index in [1.807, 2.05) is 0 Å². The zero-order valence-corrected chi connectivity index (χ0v) is 12.1. The Morgan fingerprint density at radius 2 is 2.00 bits per heavy atom. The summed E-state index contributed by atoms with van der Waals surface area (Å²) < 4.78 is 33.4. The fourth-order valence-electron chi connectivity index (χ4n) is 2.29. The number of hydrogen-bond donors (Lipinski definition) is 0. The molecule has 0 spiro atoms. The molecule has 1 aliphatic rings. The van der Waals surface area contributed by atoms with E-state index in [4.69, 9.17) is 16.3 Å². The number of nitrogens with zero attached hydrogens (tertiary/aromatic N) is 2. The second-order valence-corrected chi connectivity index (χ2v) is 4.93. The quantitative estimate of drug-likeness (QED) is 0.814. The standard InChI is InChI=1S/C15H11ClF2N2O2/c16-8-13(21)20(14-10(17)2-1-3-11(14)18)12-5-4-9-6-7-22-15(9)19-12/h1-5H,6-8H2. The third-order valence-corrected chi connectivity index (χ3v) is 3.52. The lowest BCUT2D eigenvalue weighted by molar-refractivity contribution is -0.115. The van der Waals surface area contributed by atoms with Crippen molar-refractivity contribution in [1.29, 1.82) is 0 Å². The molecule has 2 heterocycles. The largest absolute Gasteiger partial charge is 0.477 e. The van der Waals surface area contributed by atoms with Gasteiger partial charge in [-0.1, -0.05) is 6.07 Å². The Labute approximate surface area is 130 Å². The van der Waals surface area contributed by atoms with Crippen LogP contribution in [0.5, 0.6) is 5.88 Å². The molecule has 0 unspecified atom stereocenters. The smallest absolute Gasteiger partial charge is 0.247 e. The molecule has 0 aliphatic carbocycles. The van der Waals surface area contributed by atoms with Gasteiger partial charge in [0.25, 0.3) is 0 Å². The van der Waals surface area contributed by atoms with Crippen LogP contribution in [0.4, 0.5) is 20.3 Å². The number of ether oxygens (including phenoxy) is 1. The van der Waals surface area contributed by atoms with Crippen molar-refractivity contribution in [3.8, 4) is 5.88 Å². The molecule has 1 aromatic heterocycles. The summed E-state index contributed by atoms with van der Waals surface area (Å²) in [5, 5.41) is 0. The Morgan fingerprint density at radius 3 is 2.68 bits per heavy atom. The number of amides is 1. The van der Waals surface area contributed by atoms with Crippen LogP contribution in [0.25, 0.3) is 0 Å². The number of pyridine rings is 1. The minimum absolute atomic E-state index is 0.0651. The molecule has 3 rings (SSSR count). The van der Waals surface area contributed by atoms with Gasteiger partial charge in [0.1, 0.15) is 29.0 Å². The summed E-state index contributed by atoms with van der Waals surface area (Å²) in [6, 6.07) is 6.59. The first-order valence-electron chi connectivity index (χ1n) is 6.57. The van der Waals surface area contributed by atoms with Gasteiger partial charge in [0.05, 0.1) is 6.61 Å². The van der Waals surface area contributed by atoms with Crippen LogP contribution in [-0.4, -0.2) is 23.4 Å². The summed E-state index contributed by atoms with van der Waals surface area (Å²) in [6.07, 6.45) is 0.708. The summed E-state index contributed by atoms with van der Waals surface area (Å²) in [6.45, 7) is 0.489. The summed E-state index contributed by atoms with van der Waals surface area (Å²) in [7, 11) is 0. The van der Waals surface area contributed by atoms with Crippen molar-refractivity contribution in [2.24, 2.45) is 0 Å². The van der Waals surface area contributed by atoms with Gasteiger partial charge >= 0.3 is 0 Å². The van der Waals surface area contributed by atoms with Crippen LogP contribution in [0.1, 0.15) is 5.56 Å². The van der Waals surface area contributed by atoms with Gasteiger partial charge in [-0.15, -0.1) is 11.6 Å². The minimum atomic E-state index is -0.873. The first kappa shape index (κ1) is 14.7. The van der Waals surface area contributed by atoms with Gasteiger partial charge in [0.15, 0.2) is 0 Å². The van der Waals surface area contributed by atoms with Gasteiger partial charge in [-0.05, 0) is 24.3 Å². The Bertz CT molecular complexity index is 719. The second-order valence-electron chi connectivity index (χ2n) is 4.67. The van der Waals surface area contributed by atoms with Crippen molar-refractivity contribution in [3.05, 3.63) is 47.5 Å². The van der Waals surface area contributed by atoms with Crippen LogP contribution in [0.15, 0.2) is 30.3 Å². The molecule has 0 saturated carbocycles. The number of para-hydroxylation sites is 1. The molecule has 0 radical (unpaired) electrons. The van der Waals surface area contributed by atoms with Crippen LogP contribution < -0.4 is 9.64 Å². The molecule has 4 nitrogen and oxygen atoms in total. The maximum Gasteiger partial charge on any atom is 0.247 e. The minimum Gasteiger partial charge on any atom is -0.477 e. The first-order valence-corrected chi connectivity index (χ1v) is 7.11. The molecule has 0 atom stereocenters. The number of anilines is 2. The maximum absolute atomic E-state index is 14.0. The molecule has 7 heteroatoms. The van der Waals surface area contributed by atoms with Gasteiger partial charge in [-0.25, -0.2) is 8.78 Å². The highest BCUT2D eigenvalue weighted by molar-refractivity contribution is 6.30. The third kappa shape index (κ3) is 2.50. The van der Waals surface area contributed by atoms with E-state index < -0.39 is 29.1 Å². The zero-order chi connectivity index (χ0) is 15.7. The summed E-state index contributed by atoms with van der Waals surface area (Å²) >= 11 is 5.57. The molecule has 0 fully saturated rings. The Balaban J connectivity index is 2.13. The van der Waals surface area contributed by atoms with Gasteiger partial charge in [-0.2, -0.15) is 4.98 Å². The predicted molar refractivity (Wildman–Crippen MR) is 77.7 cm³/mol. The number of carbonyl (C=O) groups is 1. The maximum atomic E-state index is 14.0. The molecule has 1 aromatic carbocycles. The van der Waals surface area contributed by atoms with Crippen molar-refractivity contribution < 1.29 is 18.3 Å². The third-order valence-electron chi connectivity index (χ3n) is 3.29. The van der Waals surface area contributed by atoms with E-state index in [0.717, 1.165) is 22.6 Å². The monoisotopic (exact) mass is 324 g/mol. The highest BCUT2D eigenvalue weighted by Crippen LogP contribution is 2.33. The lowest BCUT2D eigenvalue weighted by Crippen LogP contribution is -2.29. The molecule has 0 N–H and O–H groups in total. The van der Waals surface area contributed by atoms with E-state index in [-0.39, 0.29) is 5.82 Å². The fraction of sp³-hybridized carbons (Fsp3) is 0.200. The number of carbonyl (C=O) groups excluding carboxylic acids is 1. The highest BCUT2D eigenvalue weighted by Gasteiger charge is 2.26. The lowest BCUT2D eigenvalue weighted by atomic mass is 10.2. The van der Waals surface area contributed by atoms with Gasteiger partial charge in [0, 0.05) is 12.0 Å². The SMILES string of the molecule is O=C(CCl)N(c1ccc2c(n1)OCC2)c1c(F)cccc1F. The van der Waals surface area contributed by atoms with Crippen LogP contribution in [0, 0.1) is 11.6 Å².